The zero-order valence-electron chi connectivity index (χ0n) is 41.6. The van der Waals surface area contributed by atoms with Crippen LogP contribution in [0.4, 0.5) is 0 Å². The van der Waals surface area contributed by atoms with Crippen molar-refractivity contribution in [1.82, 2.24) is 0 Å². The van der Waals surface area contributed by atoms with Crippen LogP contribution >= 0.6 is 0 Å². The van der Waals surface area contributed by atoms with Gasteiger partial charge in [-0.3, -0.25) is 14.4 Å². The molecule has 0 aromatic heterocycles. The quantitative estimate of drug-likeness (QED) is 0.0262. The van der Waals surface area contributed by atoms with Gasteiger partial charge in [-0.2, -0.15) is 0 Å². The third kappa shape index (κ3) is 50.0. The molecule has 6 heteroatoms. The number of ether oxygens (including phenoxy) is 3. The van der Waals surface area contributed by atoms with Gasteiger partial charge in [-0.1, -0.05) is 216 Å². The van der Waals surface area contributed by atoms with Crippen LogP contribution in [0.25, 0.3) is 0 Å². The molecule has 0 aromatic carbocycles. The Morgan fingerprint density at radius 1 is 0.317 bits per heavy atom. The molecular weight excluding hydrogens is 781 g/mol. The maximum atomic E-state index is 12.8. The first kappa shape index (κ1) is 60.1. The number of carbonyl (C=O) groups excluding carboxylic acids is 3. The number of allylic oxidation sites excluding steroid dienone is 10. The lowest BCUT2D eigenvalue weighted by Crippen LogP contribution is -2.30. The van der Waals surface area contributed by atoms with Gasteiger partial charge < -0.3 is 14.2 Å². The van der Waals surface area contributed by atoms with Gasteiger partial charge in [0.1, 0.15) is 13.2 Å². The zero-order valence-corrected chi connectivity index (χ0v) is 41.6. The highest BCUT2D eigenvalue weighted by Gasteiger charge is 2.19. The lowest BCUT2D eigenvalue weighted by molar-refractivity contribution is -0.167. The minimum atomic E-state index is -0.788. The van der Waals surface area contributed by atoms with Gasteiger partial charge in [0.25, 0.3) is 0 Å². The first-order valence-electron chi connectivity index (χ1n) is 26.8. The maximum Gasteiger partial charge on any atom is 0.306 e. The van der Waals surface area contributed by atoms with Gasteiger partial charge >= 0.3 is 17.9 Å². The van der Waals surface area contributed by atoms with Crippen LogP contribution in [0.15, 0.2) is 60.8 Å². The van der Waals surface area contributed by atoms with E-state index in [2.05, 4.69) is 81.5 Å². The Morgan fingerprint density at radius 3 is 0.952 bits per heavy atom. The topological polar surface area (TPSA) is 78.9 Å². The fourth-order valence-corrected chi connectivity index (χ4v) is 7.42. The molecule has 0 amide bonds. The summed E-state index contributed by atoms with van der Waals surface area (Å²) < 4.78 is 16.8. The van der Waals surface area contributed by atoms with Crippen LogP contribution < -0.4 is 0 Å². The highest BCUT2D eigenvalue weighted by Crippen LogP contribution is 2.15. The Morgan fingerprint density at radius 2 is 0.571 bits per heavy atom. The van der Waals surface area contributed by atoms with E-state index in [1.54, 1.807) is 0 Å². The molecule has 0 bridgehead atoms. The molecule has 0 unspecified atom stereocenters. The molecule has 0 aliphatic rings. The van der Waals surface area contributed by atoms with E-state index in [0.29, 0.717) is 19.3 Å². The normalized spacial score (nSPS) is 12.5. The van der Waals surface area contributed by atoms with Crippen molar-refractivity contribution in [2.75, 3.05) is 13.2 Å². The molecule has 0 aromatic rings. The number of unbranched alkanes of at least 4 members (excludes halogenated alkanes) is 27. The van der Waals surface area contributed by atoms with E-state index in [4.69, 9.17) is 14.2 Å². The van der Waals surface area contributed by atoms with Crippen LogP contribution in [0.1, 0.15) is 265 Å². The lowest BCUT2D eigenvalue weighted by atomic mass is 10.1. The highest BCUT2D eigenvalue weighted by molar-refractivity contribution is 5.71. The van der Waals surface area contributed by atoms with E-state index in [1.165, 1.54) is 148 Å². The van der Waals surface area contributed by atoms with Crippen molar-refractivity contribution in [1.29, 1.82) is 0 Å². The van der Waals surface area contributed by atoms with Gasteiger partial charge in [0, 0.05) is 19.3 Å². The largest absolute Gasteiger partial charge is 0.462 e. The SMILES string of the molecule is CCCCC/C=C\C/C=C\C/C=C\CCCCC(=O)OC[C@@H](COC(=O)CCCCCCCCCCC/C=C\C/C=C\CCCCC)OC(=O)CCCCCCCCCCCCC. The van der Waals surface area contributed by atoms with Gasteiger partial charge in [0.15, 0.2) is 6.10 Å². The van der Waals surface area contributed by atoms with Gasteiger partial charge in [-0.25, -0.2) is 0 Å². The Kier molecular flexibility index (Phi) is 49.4. The number of carbonyl (C=O) groups is 3. The molecule has 0 saturated carbocycles. The highest BCUT2D eigenvalue weighted by atomic mass is 16.6. The third-order valence-electron chi connectivity index (χ3n) is 11.5. The van der Waals surface area contributed by atoms with Crippen molar-refractivity contribution in [2.24, 2.45) is 0 Å². The van der Waals surface area contributed by atoms with E-state index < -0.39 is 6.10 Å². The van der Waals surface area contributed by atoms with Crippen LogP contribution in [-0.4, -0.2) is 37.2 Å². The first-order chi connectivity index (χ1) is 31.0. The summed E-state index contributed by atoms with van der Waals surface area (Å²) in [5.41, 5.74) is 0. The second-order valence-corrected chi connectivity index (χ2v) is 17.8. The average molecular weight is 881 g/mol. The number of esters is 3. The monoisotopic (exact) mass is 881 g/mol. The second kappa shape index (κ2) is 51.7. The van der Waals surface area contributed by atoms with Crippen molar-refractivity contribution < 1.29 is 28.6 Å². The molecule has 0 spiro atoms. The van der Waals surface area contributed by atoms with Gasteiger partial charge in [-0.05, 0) is 89.9 Å². The molecule has 6 nitrogen and oxygen atoms in total. The van der Waals surface area contributed by atoms with Crippen molar-refractivity contribution in [3.63, 3.8) is 0 Å². The van der Waals surface area contributed by atoms with Crippen LogP contribution in [-0.2, 0) is 28.6 Å². The smallest absolute Gasteiger partial charge is 0.306 e. The van der Waals surface area contributed by atoms with Crippen molar-refractivity contribution in [2.45, 2.75) is 271 Å². The zero-order chi connectivity index (χ0) is 45.8. The molecule has 0 heterocycles. The van der Waals surface area contributed by atoms with Gasteiger partial charge in [-0.15, -0.1) is 0 Å². The van der Waals surface area contributed by atoms with Crippen molar-refractivity contribution in [3.8, 4) is 0 Å². The second-order valence-electron chi connectivity index (χ2n) is 17.8. The van der Waals surface area contributed by atoms with Crippen LogP contribution in [0.5, 0.6) is 0 Å². The standard InChI is InChI=1S/C57H100O6/c1-4-7-10-13-16-19-22-24-26-27-28-29-31-33-36-38-41-44-47-50-56(59)62-53-54(63-57(60)51-48-45-42-39-34-21-18-15-12-9-6-3)52-61-55(58)49-46-43-40-37-35-32-30-25-23-20-17-14-11-8-5-2/h16-17,19-20,24-26,30,35,37,54H,4-15,18,21-23,27-29,31-34,36,38-53H2,1-3H3/b19-16-,20-17-,26-24-,30-25-,37-35-/t54-/m0/s1. The first-order valence-corrected chi connectivity index (χ1v) is 26.8. The fraction of sp³-hybridized carbons (Fsp3) is 0.772. The number of hydrogen-bond acceptors (Lipinski definition) is 6. The van der Waals surface area contributed by atoms with E-state index in [9.17, 15) is 14.4 Å². The Bertz CT molecular complexity index is 1150. The molecule has 0 fully saturated rings. The summed E-state index contributed by atoms with van der Waals surface area (Å²) in [5, 5.41) is 0. The summed E-state index contributed by atoms with van der Waals surface area (Å²) in [7, 11) is 0. The van der Waals surface area contributed by atoms with Gasteiger partial charge in [0.2, 0.25) is 0 Å². The predicted octanol–water partition coefficient (Wildman–Crippen LogP) is 17.6. The Balaban J connectivity index is 4.37. The van der Waals surface area contributed by atoms with Crippen molar-refractivity contribution in [3.05, 3.63) is 60.8 Å². The van der Waals surface area contributed by atoms with Crippen molar-refractivity contribution >= 4 is 17.9 Å². The van der Waals surface area contributed by atoms with Gasteiger partial charge in [0.05, 0.1) is 0 Å². The molecule has 0 rings (SSSR count). The predicted molar refractivity (Wildman–Crippen MR) is 270 cm³/mol. The summed E-state index contributed by atoms with van der Waals surface area (Å²) in [6.07, 6.45) is 63.5. The summed E-state index contributed by atoms with van der Waals surface area (Å²) in [5.74, 6) is -0.925. The molecule has 63 heavy (non-hydrogen) atoms. The molecular formula is C57H100O6. The maximum absolute atomic E-state index is 12.8. The fourth-order valence-electron chi connectivity index (χ4n) is 7.42. The summed E-state index contributed by atoms with van der Waals surface area (Å²) in [6.45, 7) is 6.55. The summed E-state index contributed by atoms with van der Waals surface area (Å²) in [4.78, 5) is 38.0. The number of hydrogen-bond donors (Lipinski definition) is 0. The van der Waals surface area contributed by atoms with E-state index in [1.807, 2.05) is 0 Å². The summed E-state index contributed by atoms with van der Waals surface area (Å²) in [6, 6.07) is 0. The molecule has 0 saturated heterocycles. The average Bonchev–Trinajstić information content (AvgIpc) is 3.28. The minimum Gasteiger partial charge on any atom is -0.462 e. The van der Waals surface area contributed by atoms with Crippen LogP contribution in [0.3, 0.4) is 0 Å². The molecule has 0 radical (unpaired) electrons. The lowest BCUT2D eigenvalue weighted by Gasteiger charge is -2.18. The molecule has 0 N–H and O–H groups in total. The Labute approximate surface area is 390 Å². The minimum absolute atomic E-state index is 0.0867. The molecule has 364 valence electrons. The summed E-state index contributed by atoms with van der Waals surface area (Å²) >= 11 is 0. The third-order valence-corrected chi connectivity index (χ3v) is 11.5. The molecule has 1 atom stereocenters. The molecule has 0 aliphatic carbocycles. The van der Waals surface area contributed by atoms with Crippen LogP contribution in [0.2, 0.25) is 0 Å². The number of rotatable bonds is 48. The van der Waals surface area contributed by atoms with E-state index in [0.717, 1.165) is 77.0 Å². The van der Waals surface area contributed by atoms with E-state index in [-0.39, 0.29) is 31.1 Å². The Hall–Kier alpha value is -2.89. The molecule has 0 aliphatic heterocycles. The van der Waals surface area contributed by atoms with E-state index >= 15 is 0 Å². The van der Waals surface area contributed by atoms with Crippen LogP contribution in [0, 0.1) is 0 Å².